The van der Waals surface area contributed by atoms with Crippen LogP contribution in [0.1, 0.15) is 51.2 Å². The number of nitrogens with zero attached hydrogens (tertiary/aromatic N) is 1. The molecule has 1 aliphatic heterocycles. The van der Waals surface area contributed by atoms with Crippen molar-refractivity contribution in [3.05, 3.63) is 95.1 Å². The van der Waals surface area contributed by atoms with E-state index in [9.17, 15) is 19.2 Å². The standard InChI is InChI=1S/C26H23N3O4/c1-16-10-12-18(13-11-16)23(27-17(2)30)15-24(31)28-19-6-5-7-20(14-19)29-25(32)21-8-3-4-9-22(21)26(29)33/h3-14,23H,15H2,1-2H3,(H,27,30)(H,28,31). The van der Waals surface area contributed by atoms with Gasteiger partial charge in [0.05, 0.1) is 29.3 Å². The number of hydrogen-bond donors (Lipinski definition) is 2. The van der Waals surface area contributed by atoms with E-state index < -0.39 is 17.9 Å². The summed E-state index contributed by atoms with van der Waals surface area (Å²) in [6.45, 7) is 3.37. The van der Waals surface area contributed by atoms with E-state index in [0.717, 1.165) is 16.0 Å². The monoisotopic (exact) mass is 441 g/mol. The van der Waals surface area contributed by atoms with Gasteiger partial charge in [0.25, 0.3) is 11.8 Å². The average molecular weight is 441 g/mol. The lowest BCUT2D eigenvalue weighted by molar-refractivity contribution is -0.120. The van der Waals surface area contributed by atoms with Gasteiger partial charge in [0.2, 0.25) is 11.8 Å². The van der Waals surface area contributed by atoms with Crippen molar-refractivity contribution in [3.8, 4) is 0 Å². The van der Waals surface area contributed by atoms with Gasteiger partial charge in [-0.05, 0) is 42.8 Å². The third-order valence-corrected chi connectivity index (χ3v) is 5.43. The van der Waals surface area contributed by atoms with Crippen molar-refractivity contribution in [3.63, 3.8) is 0 Å². The molecule has 4 rings (SSSR count). The number of anilines is 2. The van der Waals surface area contributed by atoms with Gasteiger partial charge >= 0.3 is 0 Å². The zero-order valence-electron chi connectivity index (χ0n) is 18.3. The maximum Gasteiger partial charge on any atom is 0.266 e. The summed E-state index contributed by atoms with van der Waals surface area (Å²) in [5.41, 5.74) is 3.43. The molecule has 0 saturated carbocycles. The second kappa shape index (κ2) is 9.08. The van der Waals surface area contributed by atoms with Crippen LogP contribution in [0.25, 0.3) is 0 Å². The van der Waals surface area contributed by atoms with E-state index in [-0.39, 0.29) is 18.2 Å². The Morgan fingerprint density at radius 3 is 2.12 bits per heavy atom. The predicted octanol–water partition coefficient (Wildman–Crippen LogP) is 4.00. The number of nitrogens with one attached hydrogen (secondary N) is 2. The van der Waals surface area contributed by atoms with E-state index in [2.05, 4.69) is 10.6 Å². The Labute approximate surface area is 191 Å². The van der Waals surface area contributed by atoms with Crippen molar-refractivity contribution in [1.82, 2.24) is 5.32 Å². The summed E-state index contributed by atoms with van der Waals surface area (Å²) in [5.74, 6) is -1.34. The number of rotatable bonds is 6. The fourth-order valence-electron chi connectivity index (χ4n) is 3.84. The van der Waals surface area contributed by atoms with E-state index in [0.29, 0.717) is 22.5 Å². The van der Waals surface area contributed by atoms with Gasteiger partial charge in [-0.1, -0.05) is 48.0 Å². The predicted molar refractivity (Wildman–Crippen MR) is 125 cm³/mol. The molecule has 3 aromatic rings. The number of carbonyl (C=O) groups is 4. The molecule has 3 aromatic carbocycles. The Kier molecular flexibility index (Phi) is 6.04. The molecule has 0 spiro atoms. The Balaban J connectivity index is 1.50. The van der Waals surface area contributed by atoms with Gasteiger partial charge in [-0.2, -0.15) is 0 Å². The Morgan fingerprint density at radius 1 is 0.879 bits per heavy atom. The molecule has 1 aliphatic rings. The van der Waals surface area contributed by atoms with Crippen molar-refractivity contribution in [2.45, 2.75) is 26.3 Å². The maximum absolute atomic E-state index is 12.8. The van der Waals surface area contributed by atoms with Gasteiger partial charge in [-0.3, -0.25) is 19.2 Å². The lowest BCUT2D eigenvalue weighted by Gasteiger charge is -2.19. The van der Waals surface area contributed by atoms with E-state index in [1.807, 2.05) is 31.2 Å². The summed E-state index contributed by atoms with van der Waals surface area (Å²) >= 11 is 0. The highest BCUT2D eigenvalue weighted by atomic mass is 16.2. The molecule has 0 aliphatic carbocycles. The molecular weight excluding hydrogens is 418 g/mol. The van der Waals surface area contributed by atoms with E-state index in [1.165, 1.54) is 6.92 Å². The van der Waals surface area contributed by atoms with E-state index in [1.54, 1.807) is 48.5 Å². The number of fused-ring (bicyclic) bond motifs is 1. The minimum absolute atomic E-state index is 0.0277. The summed E-state index contributed by atoms with van der Waals surface area (Å²) in [6, 6.07) is 20.4. The van der Waals surface area contributed by atoms with Crippen molar-refractivity contribution >= 4 is 35.0 Å². The molecular formula is C26H23N3O4. The van der Waals surface area contributed by atoms with Crippen molar-refractivity contribution in [1.29, 1.82) is 0 Å². The first kappa shape index (κ1) is 22.0. The molecule has 7 nitrogen and oxygen atoms in total. The van der Waals surface area contributed by atoms with Crippen LogP contribution in [0.3, 0.4) is 0 Å². The maximum atomic E-state index is 12.8. The van der Waals surface area contributed by atoms with E-state index in [4.69, 9.17) is 0 Å². The van der Waals surface area contributed by atoms with Crippen molar-refractivity contribution in [2.75, 3.05) is 10.2 Å². The summed E-state index contributed by atoms with van der Waals surface area (Å²) < 4.78 is 0. The van der Waals surface area contributed by atoms with Crippen LogP contribution in [0.5, 0.6) is 0 Å². The number of aryl methyl sites for hydroxylation is 1. The van der Waals surface area contributed by atoms with Gasteiger partial charge in [0.1, 0.15) is 0 Å². The first-order valence-corrected chi connectivity index (χ1v) is 10.5. The highest BCUT2D eigenvalue weighted by Crippen LogP contribution is 2.30. The molecule has 33 heavy (non-hydrogen) atoms. The normalized spacial score (nSPS) is 13.5. The van der Waals surface area contributed by atoms with Crippen LogP contribution < -0.4 is 15.5 Å². The molecule has 0 radical (unpaired) electrons. The summed E-state index contributed by atoms with van der Waals surface area (Å²) in [7, 11) is 0. The lowest BCUT2D eigenvalue weighted by Crippen LogP contribution is -2.30. The molecule has 0 bridgehead atoms. The minimum Gasteiger partial charge on any atom is -0.349 e. The number of benzene rings is 3. The lowest BCUT2D eigenvalue weighted by atomic mass is 10.0. The second-order valence-corrected chi connectivity index (χ2v) is 7.96. The fraction of sp³-hybridized carbons (Fsp3) is 0.154. The molecule has 7 heteroatoms. The Hall–Kier alpha value is -4.26. The summed E-state index contributed by atoms with van der Waals surface area (Å²) in [4.78, 5) is 51.0. The quantitative estimate of drug-likeness (QED) is 0.565. The van der Waals surface area contributed by atoms with E-state index >= 15 is 0 Å². The highest BCUT2D eigenvalue weighted by molar-refractivity contribution is 6.34. The number of carbonyl (C=O) groups excluding carboxylic acids is 4. The molecule has 1 heterocycles. The van der Waals surface area contributed by atoms with Crippen LogP contribution in [0.4, 0.5) is 11.4 Å². The third-order valence-electron chi connectivity index (χ3n) is 5.43. The SMILES string of the molecule is CC(=O)NC(CC(=O)Nc1cccc(N2C(=O)c3ccccc3C2=O)c1)c1ccc(C)cc1. The van der Waals surface area contributed by atoms with Crippen LogP contribution >= 0.6 is 0 Å². The average Bonchev–Trinajstić information content (AvgIpc) is 3.04. The molecule has 0 fully saturated rings. The van der Waals surface area contributed by atoms with Gasteiger partial charge in [0.15, 0.2) is 0 Å². The minimum atomic E-state index is -0.484. The van der Waals surface area contributed by atoms with Crippen LogP contribution in [0.15, 0.2) is 72.8 Å². The zero-order valence-corrected chi connectivity index (χ0v) is 18.3. The second-order valence-electron chi connectivity index (χ2n) is 7.96. The Morgan fingerprint density at radius 2 is 1.52 bits per heavy atom. The fourth-order valence-corrected chi connectivity index (χ4v) is 3.84. The number of hydrogen-bond acceptors (Lipinski definition) is 4. The largest absolute Gasteiger partial charge is 0.349 e. The van der Waals surface area contributed by atoms with Crippen molar-refractivity contribution < 1.29 is 19.2 Å². The zero-order chi connectivity index (χ0) is 23.5. The molecule has 1 unspecified atom stereocenters. The smallest absolute Gasteiger partial charge is 0.266 e. The highest BCUT2D eigenvalue weighted by Gasteiger charge is 2.36. The summed E-state index contributed by atoms with van der Waals surface area (Å²) in [5, 5.41) is 5.61. The first-order chi connectivity index (χ1) is 15.8. The molecule has 0 saturated heterocycles. The van der Waals surface area contributed by atoms with Crippen LogP contribution in [0, 0.1) is 6.92 Å². The molecule has 0 aromatic heterocycles. The number of amides is 4. The molecule has 2 N–H and O–H groups in total. The Bertz CT molecular complexity index is 1220. The van der Waals surface area contributed by atoms with Crippen molar-refractivity contribution in [2.24, 2.45) is 0 Å². The van der Waals surface area contributed by atoms with Gasteiger partial charge in [-0.25, -0.2) is 4.90 Å². The van der Waals surface area contributed by atoms with Gasteiger partial charge in [-0.15, -0.1) is 0 Å². The van der Waals surface area contributed by atoms with Crippen LogP contribution in [-0.4, -0.2) is 23.6 Å². The third kappa shape index (κ3) is 4.67. The number of imide groups is 1. The van der Waals surface area contributed by atoms with Crippen LogP contribution in [0.2, 0.25) is 0 Å². The summed E-state index contributed by atoms with van der Waals surface area (Å²) in [6.07, 6.45) is 0.0277. The molecule has 4 amide bonds. The molecule has 1 atom stereocenters. The topological polar surface area (TPSA) is 95.6 Å². The van der Waals surface area contributed by atoms with Gasteiger partial charge < -0.3 is 10.6 Å². The molecule has 166 valence electrons. The first-order valence-electron chi connectivity index (χ1n) is 10.5. The van der Waals surface area contributed by atoms with Gasteiger partial charge in [0, 0.05) is 12.6 Å². The van der Waals surface area contributed by atoms with Crippen LogP contribution in [-0.2, 0) is 9.59 Å².